The fourth-order valence-corrected chi connectivity index (χ4v) is 4.25. The molecule has 0 aliphatic carbocycles. The van der Waals surface area contributed by atoms with E-state index >= 15 is 0 Å². The Balaban J connectivity index is 1.65. The number of carbonyl (C=O) groups is 3. The van der Waals surface area contributed by atoms with Gasteiger partial charge in [0.1, 0.15) is 6.10 Å². The number of amides is 4. The van der Waals surface area contributed by atoms with Gasteiger partial charge in [-0.15, -0.1) is 0 Å². The Hall–Kier alpha value is -1.32. The van der Waals surface area contributed by atoms with E-state index in [1.165, 1.54) is 7.05 Å². The molecule has 2 atom stereocenters. The molecule has 0 saturated carbocycles. The van der Waals surface area contributed by atoms with Crippen LogP contribution in [0, 0.1) is 0 Å². The molecule has 0 N–H and O–H groups in total. The Labute approximate surface area is 146 Å². The van der Waals surface area contributed by atoms with Gasteiger partial charge in [-0.2, -0.15) is 11.8 Å². The van der Waals surface area contributed by atoms with Crippen LogP contribution in [0.4, 0.5) is 4.79 Å². The van der Waals surface area contributed by atoms with E-state index in [9.17, 15) is 14.4 Å². The molecule has 3 aliphatic rings. The van der Waals surface area contributed by atoms with Gasteiger partial charge in [-0.25, -0.2) is 4.79 Å². The topological polar surface area (TPSA) is 73.4 Å². The molecule has 3 fully saturated rings. The van der Waals surface area contributed by atoms with E-state index in [4.69, 9.17) is 4.74 Å². The van der Waals surface area contributed by atoms with E-state index in [2.05, 4.69) is 0 Å². The van der Waals surface area contributed by atoms with Crippen molar-refractivity contribution in [3.8, 4) is 0 Å². The van der Waals surface area contributed by atoms with Crippen molar-refractivity contribution in [1.82, 2.24) is 19.6 Å². The third-order valence-corrected chi connectivity index (χ3v) is 5.83. The van der Waals surface area contributed by atoms with Crippen molar-refractivity contribution in [3.05, 3.63) is 0 Å². The summed E-state index contributed by atoms with van der Waals surface area (Å²) in [5.74, 6) is 1.75. The number of carbonyl (C=O) groups excluding carboxylic acids is 3. The molecule has 4 amide bonds. The molecule has 3 rings (SSSR count). The first-order valence-corrected chi connectivity index (χ1v) is 9.40. The van der Waals surface area contributed by atoms with Gasteiger partial charge in [0.25, 0.3) is 5.91 Å². The van der Waals surface area contributed by atoms with Crippen LogP contribution < -0.4 is 0 Å². The number of ether oxygens (including phenoxy) is 1. The van der Waals surface area contributed by atoms with Crippen LogP contribution in [0.15, 0.2) is 0 Å². The molecule has 0 spiro atoms. The zero-order valence-corrected chi connectivity index (χ0v) is 15.0. The SMILES string of the molecule is CN1C(=O)CC(N2CCOC(C(=O)N3CCSCC3)C2)N(C)C1=O. The predicted octanol–water partition coefficient (Wildman–Crippen LogP) is -0.497. The van der Waals surface area contributed by atoms with Crippen molar-refractivity contribution in [2.75, 3.05) is 58.4 Å². The maximum atomic E-state index is 12.7. The molecule has 2 unspecified atom stereocenters. The Morgan fingerprint density at radius 2 is 1.88 bits per heavy atom. The Morgan fingerprint density at radius 1 is 1.17 bits per heavy atom. The minimum atomic E-state index is -0.514. The number of hydrogen-bond donors (Lipinski definition) is 0. The lowest BCUT2D eigenvalue weighted by Crippen LogP contribution is -2.63. The predicted molar refractivity (Wildman–Crippen MR) is 89.6 cm³/mol. The number of morpholine rings is 1. The second-order valence-electron chi connectivity index (χ2n) is 6.32. The van der Waals surface area contributed by atoms with E-state index in [0.717, 1.165) is 29.5 Å². The normalized spacial score (nSPS) is 30.0. The fourth-order valence-electron chi connectivity index (χ4n) is 3.35. The van der Waals surface area contributed by atoms with Crippen LogP contribution in [0.1, 0.15) is 6.42 Å². The molecule has 3 aliphatic heterocycles. The van der Waals surface area contributed by atoms with Crippen molar-refractivity contribution in [2.45, 2.75) is 18.7 Å². The summed E-state index contributed by atoms with van der Waals surface area (Å²) in [5.41, 5.74) is 0. The van der Waals surface area contributed by atoms with Crippen LogP contribution in [-0.4, -0.2) is 108 Å². The van der Waals surface area contributed by atoms with Crippen molar-refractivity contribution < 1.29 is 19.1 Å². The summed E-state index contributed by atoms with van der Waals surface area (Å²) in [5, 5.41) is 0. The standard InChI is InChI=1S/C15H24N4O4S/c1-16-12(9-13(20)17(2)15(16)22)19-3-6-23-11(10-19)14(21)18-4-7-24-8-5-18/h11-12H,3-10H2,1-2H3. The number of urea groups is 1. The van der Waals surface area contributed by atoms with Crippen LogP contribution >= 0.6 is 11.8 Å². The molecule has 0 bridgehead atoms. The van der Waals surface area contributed by atoms with Crippen LogP contribution in [0.2, 0.25) is 0 Å². The molecule has 3 saturated heterocycles. The second kappa shape index (κ2) is 7.28. The van der Waals surface area contributed by atoms with Crippen molar-refractivity contribution in [1.29, 1.82) is 0 Å². The lowest BCUT2D eigenvalue weighted by atomic mass is 10.1. The number of nitrogens with zero attached hydrogens (tertiary/aromatic N) is 4. The van der Waals surface area contributed by atoms with Gasteiger partial charge in [0.2, 0.25) is 5.91 Å². The van der Waals surface area contributed by atoms with Crippen molar-refractivity contribution >= 4 is 29.6 Å². The molecule has 3 heterocycles. The van der Waals surface area contributed by atoms with E-state index in [1.54, 1.807) is 11.9 Å². The van der Waals surface area contributed by atoms with Crippen molar-refractivity contribution in [2.24, 2.45) is 0 Å². The number of rotatable bonds is 2. The summed E-state index contributed by atoms with van der Waals surface area (Å²) < 4.78 is 5.69. The Bertz CT molecular complexity index is 526. The Kier molecular flexibility index (Phi) is 5.31. The molecule has 0 aromatic heterocycles. The monoisotopic (exact) mass is 356 g/mol. The zero-order chi connectivity index (χ0) is 17.3. The Morgan fingerprint density at radius 3 is 2.58 bits per heavy atom. The van der Waals surface area contributed by atoms with Gasteiger partial charge in [0.15, 0.2) is 0 Å². The quantitative estimate of drug-likeness (QED) is 0.664. The minimum absolute atomic E-state index is 0.0215. The number of hydrogen-bond acceptors (Lipinski definition) is 6. The molecular formula is C15H24N4O4S. The molecule has 0 aromatic rings. The third kappa shape index (κ3) is 3.38. The summed E-state index contributed by atoms with van der Waals surface area (Å²) in [4.78, 5) is 43.4. The summed E-state index contributed by atoms with van der Waals surface area (Å²) in [6.45, 7) is 2.98. The van der Waals surface area contributed by atoms with E-state index in [-0.39, 0.29) is 30.4 Å². The highest BCUT2D eigenvalue weighted by atomic mass is 32.2. The molecule has 134 valence electrons. The second-order valence-corrected chi connectivity index (χ2v) is 7.55. The molecule has 0 aromatic carbocycles. The molecule has 8 nitrogen and oxygen atoms in total. The lowest BCUT2D eigenvalue weighted by Gasteiger charge is -2.45. The van der Waals surface area contributed by atoms with Crippen molar-refractivity contribution in [3.63, 3.8) is 0 Å². The van der Waals surface area contributed by atoms with Gasteiger partial charge in [-0.3, -0.25) is 19.4 Å². The maximum Gasteiger partial charge on any atom is 0.327 e. The molecule has 0 radical (unpaired) electrons. The molecule has 24 heavy (non-hydrogen) atoms. The highest BCUT2D eigenvalue weighted by Crippen LogP contribution is 2.21. The molecule has 9 heteroatoms. The van der Waals surface area contributed by atoms with E-state index in [0.29, 0.717) is 19.7 Å². The highest BCUT2D eigenvalue weighted by molar-refractivity contribution is 7.99. The van der Waals surface area contributed by atoms with Gasteiger partial charge in [0, 0.05) is 51.8 Å². The lowest BCUT2D eigenvalue weighted by molar-refractivity contribution is -0.154. The smallest absolute Gasteiger partial charge is 0.327 e. The van der Waals surface area contributed by atoms with E-state index in [1.807, 2.05) is 21.6 Å². The zero-order valence-electron chi connectivity index (χ0n) is 14.1. The third-order valence-electron chi connectivity index (χ3n) is 4.88. The van der Waals surface area contributed by atoms with Gasteiger partial charge >= 0.3 is 6.03 Å². The van der Waals surface area contributed by atoms with E-state index < -0.39 is 6.10 Å². The fraction of sp³-hybridized carbons (Fsp3) is 0.800. The van der Waals surface area contributed by atoms with Gasteiger partial charge in [-0.1, -0.05) is 0 Å². The van der Waals surface area contributed by atoms with Gasteiger partial charge in [-0.05, 0) is 0 Å². The summed E-state index contributed by atoms with van der Waals surface area (Å²) >= 11 is 1.86. The highest BCUT2D eigenvalue weighted by Gasteiger charge is 2.41. The first kappa shape index (κ1) is 17.5. The van der Waals surface area contributed by atoms with Gasteiger partial charge in [0.05, 0.1) is 19.2 Å². The summed E-state index contributed by atoms with van der Waals surface area (Å²) in [6.07, 6.45) is -0.572. The number of imide groups is 1. The minimum Gasteiger partial charge on any atom is -0.366 e. The molecular weight excluding hydrogens is 332 g/mol. The maximum absolute atomic E-state index is 12.7. The van der Waals surface area contributed by atoms with Gasteiger partial charge < -0.3 is 14.5 Å². The largest absolute Gasteiger partial charge is 0.366 e. The number of thioether (sulfide) groups is 1. The summed E-state index contributed by atoms with van der Waals surface area (Å²) in [6, 6.07) is -0.307. The van der Waals surface area contributed by atoms with Crippen LogP contribution in [0.5, 0.6) is 0 Å². The first-order valence-electron chi connectivity index (χ1n) is 8.24. The van der Waals surface area contributed by atoms with Crippen LogP contribution in [0.25, 0.3) is 0 Å². The average Bonchev–Trinajstić information content (AvgIpc) is 2.63. The van der Waals surface area contributed by atoms with Crippen LogP contribution in [0.3, 0.4) is 0 Å². The first-order chi connectivity index (χ1) is 11.5. The average molecular weight is 356 g/mol. The summed E-state index contributed by atoms with van der Waals surface area (Å²) in [7, 11) is 3.20. The van der Waals surface area contributed by atoms with Crippen LogP contribution in [-0.2, 0) is 14.3 Å².